The molecule has 1 fully saturated rings. The van der Waals surface area contributed by atoms with Gasteiger partial charge in [-0.05, 0) is 31.4 Å². The van der Waals surface area contributed by atoms with E-state index in [0.29, 0.717) is 39.3 Å². The molecule has 1 aliphatic rings. The van der Waals surface area contributed by atoms with E-state index in [0.717, 1.165) is 23.3 Å². The second kappa shape index (κ2) is 8.57. The number of amides is 3. The number of ether oxygens (including phenoxy) is 1. The average Bonchev–Trinajstić information content (AvgIpc) is 2.56. The number of para-hydroxylation sites is 1. The molecule has 1 aromatic rings. The van der Waals surface area contributed by atoms with Crippen molar-refractivity contribution in [2.45, 2.75) is 27.2 Å². The fourth-order valence-electron chi connectivity index (χ4n) is 2.80. The molecule has 0 saturated carbocycles. The number of benzene rings is 1. The van der Waals surface area contributed by atoms with Gasteiger partial charge in [0.15, 0.2) is 0 Å². The lowest BCUT2D eigenvalue weighted by Crippen LogP contribution is -2.52. The number of hydrogen-bond acceptors (Lipinski definition) is 3. The summed E-state index contributed by atoms with van der Waals surface area (Å²) in [4.78, 5) is 26.9. The number of piperazine rings is 1. The quantitative estimate of drug-likeness (QED) is 0.838. The lowest BCUT2D eigenvalue weighted by Gasteiger charge is -2.34. The summed E-state index contributed by atoms with van der Waals surface area (Å²) in [7, 11) is 0. The molecular weight excluding hydrogens is 306 g/mol. The first-order chi connectivity index (χ1) is 11.5. The van der Waals surface area contributed by atoms with Crippen LogP contribution in [-0.4, -0.2) is 61.1 Å². The van der Waals surface area contributed by atoms with Crippen molar-refractivity contribution in [2.75, 3.05) is 39.3 Å². The van der Waals surface area contributed by atoms with Crippen molar-refractivity contribution in [2.24, 2.45) is 0 Å². The summed E-state index contributed by atoms with van der Waals surface area (Å²) < 4.78 is 5.83. The van der Waals surface area contributed by atoms with E-state index in [1.165, 1.54) is 0 Å². The summed E-state index contributed by atoms with van der Waals surface area (Å²) >= 11 is 0. The number of nitrogens with one attached hydrogen (secondary N) is 1. The zero-order valence-electron chi connectivity index (χ0n) is 14.8. The average molecular weight is 333 g/mol. The van der Waals surface area contributed by atoms with E-state index in [2.05, 4.69) is 5.32 Å². The van der Waals surface area contributed by atoms with Gasteiger partial charge in [0.2, 0.25) is 5.91 Å². The zero-order valence-corrected chi connectivity index (χ0v) is 14.8. The molecule has 24 heavy (non-hydrogen) atoms. The lowest BCUT2D eigenvalue weighted by molar-refractivity contribution is -0.130. The number of carbonyl (C=O) groups excluding carboxylic acids is 2. The first-order valence-corrected chi connectivity index (χ1v) is 8.46. The van der Waals surface area contributed by atoms with Crippen molar-refractivity contribution >= 4 is 11.9 Å². The molecule has 1 aliphatic heterocycles. The molecule has 1 N–H and O–H groups in total. The highest BCUT2D eigenvalue weighted by molar-refractivity contribution is 5.76. The van der Waals surface area contributed by atoms with Gasteiger partial charge in [0.25, 0.3) is 0 Å². The number of urea groups is 1. The van der Waals surface area contributed by atoms with Gasteiger partial charge in [-0.2, -0.15) is 0 Å². The molecule has 0 aromatic heterocycles. The third-order valence-corrected chi connectivity index (χ3v) is 4.26. The first kappa shape index (κ1) is 18.1. The second-order valence-corrected chi connectivity index (χ2v) is 6.15. The number of carbonyl (C=O) groups is 2. The van der Waals surface area contributed by atoms with E-state index in [4.69, 9.17) is 4.74 Å². The van der Waals surface area contributed by atoms with Gasteiger partial charge in [-0.25, -0.2) is 4.79 Å². The Morgan fingerprint density at radius 2 is 1.67 bits per heavy atom. The van der Waals surface area contributed by atoms with Crippen molar-refractivity contribution in [3.8, 4) is 5.75 Å². The third kappa shape index (κ3) is 4.88. The molecule has 3 amide bonds. The molecule has 0 unspecified atom stereocenters. The van der Waals surface area contributed by atoms with Crippen molar-refractivity contribution in [3.05, 3.63) is 29.3 Å². The van der Waals surface area contributed by atoms with Gasteiger partial charge in [-0.15, -0.1) is 0 Å². The number of nitrogens with zero attached hydrogens (tertiary/aromatic N) is 2. The molecular formula is C18H27N3O3. The van der Waals surface area contributed by atoms with E-state index in [1.54, 1.807) is 16.7 Å². The van der Waals surface area contributed by atoms with Gasteiger partial charge in [0.05, 0.1) is 6.61 Å². The number of aryl methyl sites for hydroxylation is 2. The van der Waals surface area contributed by atoms with Gasteiger partial charge >= 0.3 is 6.03 Å². The first-order valence-electron chi connectivity index (χ1n) is 8.46. The number of rotatable bonds is 5. The number of hydrogen-bond donors (Lipinski definition) is 1. The van der Waals surface area contributed by atoms with Gasteiger partial charge < -0.3 is 19.9 Å². The summed E-state index contributed by atoms with van der Waals surface area (Å²) in [5.74, 6) is 1.00. The molecule has 1 heterocycles. The molecule has 0 atom stereocenters. The van der Waals surface area contributed by atoms with Crippen LogP contribution in [0.5, 0.6) is 5.75 Å². The molecule has 0 spiro atoms. The maximum absolute atomic E-state index is 12.1. The van der Waals surface area contributed by atoms with Crippen LogP contribution in [0.4, 0.5) is 4.79 Å². The topological polar surface area (TPSA) is 61.9 Å². The maximum Gasteiger partial charge on any atom is 0.317 e. The standard InChI is InChI=1S/C18H27N3O3/c1-14-6-4-7-15(2)17(14)24-13-5-8-19-18(23)21-11-9-20(10-12-21)16(3)22/h4,6-7H,5,8-13H2,1-3H3,(H,19,23). The minimum atomic E-state index is -0.0646. The normalized spacial score (nSPS) is 14.5. The molecule has 132 valence electrons. The Labute approximate surface area is 143 Å². The Hall–Kier alpha value is -2.24. The molecule has 6 heteroatoms. The van der Waals surface area contributed by atoms with Crippen LogP contribution in [-0.2, 0) is 4.79 Å². The van der Waals surface area contributed by atoms with Gasteiger partial charge in [-0.3, -0.25) is 4.79 Å². The van der Waals surface area contributed by atoms with E-state index < -0.39 is 0 Å². The Balaban J connectivity index is 1.64. The largest absolute Gasteiger partial charge is 0.493 e. The minimum absolute atomic E-state index is 0.0646. The minimum Gasteiger partial charge on any atom is -0.493 e. The van der Waals surface area contributed by atoms with Crippen LogP contribution in [0.1, 0.15) is 24.5 Å². The molecule has 0 aliphatic carbocycles. The SMILES string of the molecule is CC(=O)N1CCN(C(=O)NCCCOc2c(C)cccc2C)CC1. The Bertz CT molecular complexity index is 561. The fourth-order valence-corrected chi connectivity index (χ4v) is 2.80. The Morgan fingerprint density at radius 3 is 2.25 bits per heavy atom. The summed E-state index contributed by atoms with van der Waals surface area (Å²) in [6.07, 6.45) is 0.757. The predicted molar refractivity (Wildman–Crippen MR) is 93.3 cm³/mol. The maximum atomic E-state index is 12.1. The van der Waals surface area contributed by atoms with Crippen LogP contribution in [0, 0.1) is 13.8 Å². The molecule has 0 radical (unpaired) electrons. The van der Waals surface area contributed by atoms with Gasteiger partial charge in [0, 0.05) is 39.6 Å². The molecule has 1 aromatic carbocycles. The molecule has 0 bridgehead atoms. The highest BCUT2D eigenvalue weighted by atomic mass is 16.5. The van der Waals surface area contributed by atoms with Crippen molar-refractivity contribution in [1.82, 2.24) is 15.1 Å². The van der Waals surface area contributed by atoms with Crippen molar-refractivity contribution in [1.29, 1.82) is 0 Å². The summed E-state index contributed by atoms with van der Waals surface area (Å²) in [6.45, 7) is 9.17. The Morgan fingerprint density at radius 1 is 1.08 bits per heavy atom. The van der Waals surface area contributed by atoms with Crippen molar-refractivity contribution in [3.63, 3.8) is 0 Å². The van der Waals surface area contributed by atoms with Gasteiger partial charge in [0.1, 0.15) is 5.75 Å². The van der Waals surface area contributed by atoms with Crippen LogP contribution < -0.4 is 10.1 Å². The molecule has 2 rings (SSSR count). The highest BCUT2D eigenvalue weighted by Crippen LogP contribution is 2.22. The predicted octanol–water partition coefficient (Wildman–Crippen LogP) is 1.95. The van der Waals surface area contributed by atoms with E-state index >= 15 is 0 Å². The lowest BCUT2D eigenvalue weighted by atomic mass is 10.1. The summed E-state index contributed by atoms with van der Waals surface area (Å²) in [5.41, 5.74) is 2.25. The van der Waals surface area contributed by atoms with E-state index in [9.17, 15) is 9.59 Å². The molecule has 6 nitrogen and oxygen atoms in total. The van der Waals surface area contributed by atoms with Crippen molar-refractivity contribution < 1.29 is 14.3 Å². The second-order valence-electron chi connectivity index (χ2n) is 6.15. The summed E-state index contributed by atoms with van der Waals surface area (Å²) in [5, 5.41) is 2.92. The van der Waals surface area contributed by atoms with Crippen LogP contribution in [0.15, 0.2) is 18.2 Å². The van der Waals surface area contributed by atoms with Gasteiger partial charge in [-0.1, -0.05) is 18.2 Å². The van der Waals surface area contributed by atoms with E-state index in [-0.39, 0.29) is 11.9 Å². The highest BCUT2D eigenvalue weighted by Gasteiger charge is 2.21. The Kier molecular flexibility index (Phi) is 6.46. The van der Waals surface area contributed by atoms with E-state index in [1.807, 2.05) is 32.0 Å². The third-order valence-electron chi connectivity index (χ3n) is 4.26. The van der Waals surface area contributed by atoms with Crippen LogP contribution in [0.2, 0.25) is 0 Å². The fraction of sp³-hybridized carbons (Fsp3) is 0.556. The molecule has 1 saturated heterocycles. The summed E-state index contributed by atoms with van der Waals surface area (Å²) in [6, 6.07) is 6.02. The zero-order chi connectivity index (χ0) is 17.5. The monoisotopic (exact) mass is 333 g/mol. The van der Waals surface area contributed by atoms with Crippen LogP contribution in [0.25, 0.3) is 0 Å². The van der Waals surface area contributed by atoms with Crippen LogP contribution in [0.3, 0.4) is 0 Å². The smallest absolute Gasteiger partial charge is 0.317 e. The van der Waals surface area contributed by atoms with Crippen LogP contribution >= 0.6 is 0 Å².